The lowest BCUT2D eigenvalue weighted by Gasteiger charge is -2.10. The number of sulfonamides is 1. The highest BCUT2D eigenvalue weighted by molar-refractivity contribution is 7.89. The Morgan fingerprint density at radius 3 is 2.43 bits per heavy atom. The van der Waals surface area contributed by atoms with Crippen molar-refractivity contribution in [1.82, 2.24) is 10.0 Å². The fraction of sp³-hybridized carbons (Fsp3) is 0.364. The molecule has 1 aromatic rings. The molecule has 0 aliphatic rings. The molecular formula is C11H12F4N2O3S. The summed E-state index contributed by atoms with van der Waals surface area (Å²) in [4.78, 5) is 11.6. The van der Waals surface area contributed by atoms with Gasteiger partial charge in [-0.2, -0.15) is 13.2 Å². The number of rotatable bonds is 5. The van der Waals surface area contributed by atoms with Gasteiger partial charge < -0.3 is 5.32 Å². The van der Waals surface area contributed by atoms with Gasteiger partial charge in [-0.15, -0.1) is 0 Å². The lowest BCUT2D eigenvalue weighted by molar-refractivity contribution is -0.140. The molecule has 21 heavy (non-hydrogen) atoms. The van der Waals surface area contributed by atoms with Gasteiger partial charge in [-0.3, -0.25) is 4.79 Å². The van der Waals surface area contributed by atoms with Crippen molar-refractivity contribution >= 4 is 15.9 Å². The number of carbonyl (C=O) groups excluding carboxylic acids is 1. The summed E-state index contributed by atoms with van der Waals surface area (Å²) >= 11 is 0. The second-order valence-corrected chi connectivity index (χ2v) is 6.02. The number of carbonyl (C=O) groups is 1. The molecular weight excluding hydrogens is 316 g/mol. The topological polar surface area (TPSA) is 75.3 Å². The maximum absolute atomic E-state index is 13.0. The zero-order chi connectivity index (χ0) is 16.3. The van der Waals surface area contributed by atoms with Crippen LogP contribution in [-0.2, 0) is 16.2 Å². The highest BCUT2D eigenvalue weighted by atomic mass is 32.2. The van der Waals surface area contributed by atoms with E-state index in [1.165, 1.54) is 7.05 Å². The Balaban J connectivity index is 2.80. The van der Waals surface area contributed by atoms with Gasteiger partial charge in [0.15, 0.2) is 0 Å². The van der Waals surface area contributed by atoms with E-state index < -0.39 is 44.8 Å². The summed E-state index contributed by atoms with van der Waals surface area (Å²) in [6.07, 6.45) is -4.92. The summed E-state index contributed by atoms with van der Waals surface area (Å²) in [7, 11) is -2.35. The minimum atomic E-state index is -4.92. The van der Waals surface area contributed by atoms with Crippen LogP contribution >= 0.6 is 0 Å². The number of amides is 1. The Labute approximate surface area is 118 Å². The van der Waals surface area contributed by atoms with Crippen LogP contribution in [0.2, 0.25) is 0 Å². The molecule has 1 aromatic carbocycles. The molecule has 0 aliphatic carbocycles. The molecule has 118 valence electrons. The molecule has 0 aromatic heterocycles. The monoisotopic (exact) mass is 328 g/mol. The molecule has 0 radical (unpaired) electrons. The zero-order valence-electron chi connectivity index (χ0n) is 10.8. The molecule has 0 aliphatic heterocycles. The van der Waals surface area contributed by atoms with Crippen LogP contribution < -0.4 is 10.0 Å². The highest BCUT2D eigenvalue weighted by Crippen LogP contribution is 2.31. The molecule has 2 N–H and O–H groups in total. The SMILES string of the molecule is CNS(=O)(=O)CCNC(=O)c1ccc(F)c(C(F)(F)F)c1. The van der Waals surface area contributed by atoms with E-state index >= 15 is 0 Å². The van der Waals surface area contributed by atoms with E-state index in [1.54, 1.807) is 0 Å². The van der Waals surface area contributed by atoms with Gasteiger partial charge in [0, 0.05) is 12.1 Å². The van der Waals surface area contributed by atoms with E-state index in [2.05, 4.69) is 5.32 Å². The van der Waals surface area contributed by atoms with Crippen molar-refractivity contribution in [1.29, 1.82) is 0 Å². The van der Waals surface area contributed by atoms with E-state index in [1.807, 2.05) is 4.72 Å². The summed E-state index contributed by atoms with van der Waals surface area (Å²) in [5.74, 6) is -2.84. The third-order valence-corrected chi connectivity index (χ3v) is 3.86. The first-order valence-corrected chi connectivity index (χ1v) is 7.28. The normalized spacial score (nSPS) is 12.2. The van der Waals surface area contributed by atoms with Gasteiger partial charge in [-0.05, 0) is 25.2 Å². The van der Waals surface area contributed by atoms with Crippen molar-refractivity contribution in [2.75, 3.05) is 19.3 Å². The molecule has 0 saturated heterocycles. The molecule has 0 atom stereocenters. The Hall–Kier alpha value is -1.68. The van der Waals surface area contributed by atoms with Gasteiger partial charge in [-0.1, -0.05) is 0 Å². The van der Waals surface area contributed by atoms with E-state index in [9.17, 15) is 30.8 Å². The Kier molecular flexibility index (Phi) is 5.29. The van der Waals surface area contributed by atoms with E-state index in [4.69, 9.17) is 0 Å². The Bertz CT molecular complexity index is 629. The molecule has 1 rings (SSSR count). The second-order valence-electron chi connectivity index (χ2n) is 3.97. The van der Waals surface area contributed by atoms with E-state index in [-0.39, 0.29) is 6.54 Å². The first-order valence-electron chi connectivity index (χ1n) is 5.63. The molecule has 1 amide bonds. The van der Waals surface area contributed by atoms with Gasteiger partial charge in [-0.25, -0.2) is 17.5 Å². The van der Waals surface area contributed by atoms with Crippen LogP contribution in [0.25, 0.3) is 0 Å². The van der Waals surface area contributed by atoms with Gasteiger partial charge in [0.25, 0.3) is 5.91 Å². The standard InChI is InChI=1S/C11H12F4N2O3S/c1-16-21(19,20)5-4-17-10(18)7-2-3-9(12)8(6-7)11(13,14)15/h2-3,6,16H,4-5H2,1H3,(H,17,18). The Morgan fingerprint density at radius 2 is 1.90 bits per heavy atom. The number of alkyl halides is 3. The fourth-order valence-electron chi connectivity index (χ4n) is 1.39. The summed E-state index contributed by atoms with van der Waals surface area (Å²) < 4.78 is 74.7. The quantitative estimate of drug-likeness (QED) is 0.796. The highest BCUT2D eigenvalue weighted by Gasteiger charge is 2.34. The van der Waals surface area contributed by atoms with Crippen molar-refractivity contribution in [3.05, 3.63) is 35.1 Å². The average molecular weight is 328 g/mol. The second kappa shape index (κ2) is 6.39. The van der Waals surface area contributed by atoms with Gasteiger partial charge in [0.2, 0.25) is 10.0 Å². The molecule has 0 heterocycles. The van der Waals surface area contributed by atoms with Crippen LogP contribution in [0, 0.1) is 5.82 Å². The van der Waals surface area contributed by atoms with E-state index in [0.29, 0.717) is 12.1 Å². The number of halogens is 4. The van der Waals surface area contributed by atoms with Gasteiger partial charge in [0.1, 0.15) is 5.82 Å². The van der Waals surface area contributed by atoms with Crippen molar-refractivity contribution in [3.8, 4) is 0 Å². The first kappa shape index (κ1) is 17.4. The van der Waals surface area contributed by atoms with Crippen LogP contribution in [0.3, 0.4) is 0 Å². The summed E-state index contributed by atoms with van der Waals surface area (Å²) in [5, 5.41) is 2.14. The van der Waals surface area contributed by atoms with Crippen LogP contribution in [0.5, 0.6) is 0 Å². The Morgan fingerprint density at radius 1 is 1.29 bits per heavy atom. The predicted molar refractivity (Wildman–Crippen MR) is 66.6 cm³/mol. The van der Waals surface area contributed by atoms with Crippen LogP contribution in [-0.4, -0.2) is 33.7 Å². The van der Waals surface area contributed by atoms with Gasteiger partial charge >= 0.3 is 6.18 Å². The van der Waals surface area contributed by atoms with Crippen molar-refractivity contribution in [2.45, 2.75) is 6.18 Å². The lowest BCUT2D eigenvalue weighted by Crippen LogP contribution is -2.33. The molecule has 0 spiro atoms. The molecule has 0 bridgehead atoms. The van der Waals surface area contributed by atoms with Gasteiger partial charge in [0.05, 0.1) is 11.3 Å². The number of benzene rings is 1. The molecule has 0 unspecified atom stereocenters. The third-order valence-electron chi connectivity index (χ3n) is 2.50. The largest absolute Gasteiger partial charge is 0.419 e. The average Bonchev–Trinajstić information content (AvgIpc) is 2.37. The maximum Gasteiger partial charge on any atom is 0.419 e. The van der Waals surface area contributed by atoms with Crippen molar-refractivity contribution < 1.29 is 30.8 Å². The summed E-state index contributed by atoms with van der Waals surface area (Å²) in [6, 6.07) is 1.78. The smallest absolute Gasteiger partial charge is 0.351 e. The minimum absolute atomic E-state index is 0.291. The molecule has 10 heteroatoms. The number of nitrogens with one attached hydrogen (secondary N) is 2. The summed E-state index contributed by atoms with van der Waals surface area (Å²) in [6.45, 7) is -0.291. The predicted octanol–water partition coefficient (Wildman–Crippen LogP) is 1.12. The van der Waals surface area contributed by atoms with Crippen molar-refractivity contribution in [3.63, 3.8) is 0 Å². The lowest BCUT2D eigenvalue weighted by atomic mass is 10.1. The van der Waals surface area contributed by atoms with E-state index in [0.717, 1.165) is 6.07 Å². The fourth-order valence-corrected chi connectivity index (χ4v) is 1.96. The molecule has 0 saturated carbocycles. The number of hydrogen-bond acceptors (Lipinski definition) is 3. The molecule has 0 fully saturated rings. The maximum atomic E-state index is 13.0. The van der Waals surface area contributed by atoms with Crippen LogP contribution in [0.1, 0.15) is 15.9 Å². The zero-order valence-corrected chi connectivity index (χ0v) is 11.6. The molecule has 5 nitrogen and oxygen atoms in total. The third kappa shape index (κ3) is 4.97. The van der Waals surface area contributed by atoms with Crippen LogP contribution in [0.4, 0.5) is 17.6 Å². The minimum Gasteiger partial charge on any atom is -0.351 e. The van der Waals surface area contributed by atoms with Crippen molar-refractivity contribution in [2.24, 2.45) is 0 Å². The first-order chi connectivity index (χ1) is 9.57. The summed E-state index contributed by atoms with van der Waals surface area (Å²) in [5.41, 5.74) is -1.97. The van der Waals surface area contributed by atoms with Crippen LogP contribution in [0.15, 0.2) is 18.2 Å². The number of hydrogen-bond donors (Lipinski definition) is 2.